The molecule has 0 aliphatic carbocycles. The number of fused-ring (bicyclic) bond motifs is 1. The molecule has 0 radical (unpaired) electrons. The SMILES string of the molecule is CC(C)Oc1ccc(N)c(C(=N)c2ccnc(NOSc3ccc4c(c3)N(C)C(=O)CO4)c2)c1. The molecule has 0 spiro atoms. The minimum Gasteiger partial charge on any atom is -0.491 e. The number of nitrogen functional groups attached to an aromatic ring is 1. The number of carbonyl (C=O) groups excluding carboxylic acids is 1. The molecule has 34 heavy (non-hydrogen) atoms. The van der Waals surface area contributed by atoms with Crippen molar-refractivity contribution in [3.63, 3.8) is 0 Å². The van der Waals surface area contributed by atoms with Gasteiger partial charge in [0.1, 0.15) is 11.5 Å². The van der Waals surface area contributed by atoms with E-state index in [0.29, 0.717) is 39.8 Å². The van der Waals surface area contributed by atoms with Crippen molar-refractivity contribution in [3.05, 3.63) is 65.9 Å². The summed E-state index contributed by atoms with van der Waals surface area (Å²) in [5, 5.41) is 8.64. The summed E-state index contributed by atoms with van der Waals surface area (Å²) in [7, 11) is 1.71. The molecule has 4 rings (SSSR count). The van der Waals surface area contributed by atoms with Gasteiger partial charge in [0, 0.05) is 35.0 Å². The van der Waals surface area contributed by atoms with Gasteiger partial charge in [0.15, 0.2) is 12.4 Å². The summed E-state index contributed by atoms with van der Waals surface area (Å²) in [6, 6.07) is 14.2. The average Bonchev–Trinajstić information content (AvgIpc) is 2.82. The Bertz CT molecular complexity index is 1230. The summed E-state index contributed by atoms with van der Waals surface area (Å²) in [6.45, 7) is 3.91. The van der Waals surface area contributed by atoms with Crippen molar-refractivity contribution in [1.82, 2.24) is 4.98 Å². The zero-order valence-electron chi connectivity index (χ0n) is 19.0. The van der Waals surface area contributed by atoms with Crippen LogP contribution in [0.3, 0.4) is 0 Å². The Morgan fingerprint density at radius 3 is 2.85 bits per heavy atom. The number of hydrogen-bond acceptors (Lipinski definition) is 9. The minimum atomic E-state index is -0.112. The van der Waals surface area contributed by atoms with Crippen LogP contribution in [0.25, 0.3) is 0 Å². The van der Waals surface area contributed by atoms with E-state index in [0.717, 1.165) is 16.9 Å². The first-order chi connectivity index (χ1) is 16.3. The van der Waals surface area contributed by atoms with Gasteiger partial charge in [-0.2, -0.15) is 4.28 Å². The van der Waals surface area contributed by atoms with Gasteiger partial charge in [-0.3, -0.25) is 10.2 Å². The first-order valence-corrected chi connectivity index (χ1v) is 11.3. The lowest BCUT2D eigenvalue weighted by molar-refractivity contribution is -0.120. The Hall–Kier alpha value is -3.76. The normalized spacial score (nSPS) is 12.8. The van der Waals surface area contributed by atoms with Crippen LogP contribution in [-0.2, 0) is 9.08 Å². The number of ether oxygens (including phenoxy) is 2. The minimum absolute atomic E-state index is 0.0144. The highest BCUT2D eigenvalue weighted by atomic mass is 32.2. The molecule has 2 heterocycles. The fourth-order valence-corrected chi connectivity index (χ4v) is 3.82. The molecule has 2 aromatic carbocycles. The third-order valence-electron chi connectivity index (χ3n) is 5.02. The van der Waals surface area contributed by atoms with Crippen LogP contribution in [-0.4, -0.2) is 36.4 Å². The Morgan fingerprint density at radius 2 is 2.06 bits per heavy atom. The maximum Gasteiger partial charge on any atom is 0.264 e. The monoisotopic (exact) mass is 479 g/mol. The van der Waals surface area contributed by atoms with Crippen molar-refractivity contribution < 1.29 is 18.6 Å². The topological polar surface area (TPSA) is 123 Å². The van der Waals surface area contributed by atoms with E-state index in [2.05, 4.69) is 10.5 Å². The summed E-state index contributed by atoms with van der Waals surface area (Å²) < 4.78 is 16.7. The molecule has 1 amide bonds. The van der Waals surface area contributed by atoms with Gasteiger partial charge in [-0.25, -0.2) is 10.5 Å². The van der Waals surface area contributed by atoms with Gasteiger partial charge >= 0.3 is 0 Å². The zero-order valence-corrected chi connectivity index (χ0v) is 19.8. The first-order valence-electron chi connectivity index (χ1n) is 10.6. The molecule has 1 aliphatic rings. The van der Waals surface area contributed by atoms with E-state index < -0.39 is 0 Å². The van der Waals surface area contributed by atoms with Crippen molar-refractivity contribution in [3.8, 4) is 11.5 Å². The van der Waals surface area contributed by atoms with Gasteiger partial charge in [0.25, 0.3) is 5.91 Å². The van der Waals surface area contributed by atoms with Crippen LogP contribution >= 0.6 is 12.0 Å². The molecule has 0 atom stereocenters. The van der Waals surface area contributed by atoms with Crippen molar-refractivity contribution in [2.75, 3.05) is 29.8 Å². The maximum atomic E-state index is 11.9. The van der Waals surface area contributed by atoms with Crippen LogP contribution in [0.15, 0.2) is 59.6 Å². The summed E-state index contributed by atoms with van der Waals surface area (Å²) in [5.41, 5.74) is 11.5. The molecule has 0 unspecified atom stereocenters. The number of anilines is 3. The number of carbonyl (C=O) groups is 1. The van der Waals surface area contributed by atoms with Crippen LogP contribution < -0.4 is 25.6 Å². The third kappa shape index (κ3) is 5.24. The molecule has 10 heteroatoms. The van der Waals surface area contributed by atoms with E-state index in [9.17, 15) is 4.79 Å². The fraction of sp³-hybridized carbons (Fsp3) is 0.208. The molecule has 1 aromatic heterocycles. The van der Waals surface area contributed by atoms with Crippen molar-refractivity contribution in [2.24, 2.45) is 0 Å². The summed E-state index contributed by atoms with van der Waals surface area (Å²) in [4.78, 5) is 18.4. The highest BCUT2D eigenvalue weighted by Gasteiger charge is 2.22. The van der Waals surface area contributed by atoms with Gasteiger partial charge in [0.2, 0.25) is 0 Å². The quantitative estimate of drug-likeness (QED) is 0.189. The summed E-state index contributed by atoms with van der Waals surface area (Å²) >= 11 is 1.08. The number of aromatic nitrogens is 1. The van der Waals surface area contributed by atoms with Gasteiger partial charge in [0.05, 0.1) is 29.5 Å². The molecule has 9 nitrogen and oxygen atoms in total. The van der Waals surface area contributed by atoms with Crippen LogP contribution in [0, 0.1) is 5.41 Å². The lowest BCUT2D eigenvalue weighted by atomic mass is 10.0. The van der Waals surface area contributed by atoms with Crippen molar-refractivity contribution in [2.45, 2.75) is 24.8 Å². The van der Waals surface area contributed by atoms with Crippen LogP contribution in [0.5, 0.6) is 11.5 Å². The second-order valence-corrected chi connectivity index (χ2v) is 8.66. The average molecular weight is 480 g/mol. The first kappa shape index (κ1) is 23.4. The van der Waals surface area contributed by atoms with E-state index in [-0.39, 0.29) is 24.3 Å². The van der Waals surface area contributed by atoms with Crippen molar-refractivity contribution >= 4 is 40.9 Å². The Kier molecular flexibility index (Phi) is 6.90. The second kappa shape index (κ2) is 10.0. The molecule has 0 bridgehead atoms. The predicted molar refractivity (Wildman–Crippen MR) is 133 cm³/mol. The van der Waals surface area contributed by atoms with E-state index in [1.54, 1.807) is 54.5 Å². The standard InChI is InChI=1S/C24H25N5O4S/c1-14(2)32-16-4-6-19(25)18(11-16)24(26)15-8-9-27-22(10-15)28-33-34-17-5-7-21-20(12-17)29(3)23(30)13-31-21/h4-12,14,26H,13,25H2,1-3H3,(H,27,28). The third-order valence-corrected chi connectivity index (χ3v) is 5.63. The molecular formula is C24H25N5O4S. The number of rotatable bonds is 8. The van der Waals surface area contributed by atoms with Crippen LogP contribution in [0.2, 0.25) is 0 Å². The molecule has 176 valence electrons. The Balaban J connectivity index is 1.43. The molecular weight excluding hydrogens is 454 g/mol. The zero-order chi connectivity index (χ0) is 24.2. The summed E-state index contributed by atoms with van der Waals surface area (Å²) in [5.74, 6) is 1.61. The molecule has 1 aliphatic heterocycles. The van der Waals surface area contributed by atoms with Crippen LogP contribution in [0.4, 0.5) is 17.2 Å². The predicted octanol–water partition coefficient (Wildman–Crippen LogP) is 4.27. The number of pyridine rings is 1. The second-order valence-electron chi connectivity index (χ2n) is 7.86. The van der Waals surface area contributed by atoms with Gasteiger partial charge in [-0.15, -0.1) is 0 Å². The van der Waals surface area contributed by atoms with Gasteiger partial charge in [-0.05, 0) is 62.4 Å². The number of nitrogens with one attached hydrogen (secondary N) is 2. The molecule has 0 saturated heterocycles. The highest BCUT2D eigenvalue weighted by molar-refractivity contribution is 7.94. The molecule has 0 saturated carbocycles. The van der Waals surface area contributed by atoms with E-state index in [4.69, 9.17) is 24.9 Å². The number of benzene rings is 2. The number of hydrogen-bond donors (Lipinski definition) is 3. The Morgan fingerprint density at radius 1 is 1.24 bits per heavy atom. The summed E-state index contributed by atoms with van der Waals surface area (Å²) in [6.07, 6.45) is 1.60. The number of likely N-dealkylation sites (N-methyl/N-ethyl adjacent to an activating group) is 1. The van der Waals surface area contributed by atoms with E-state index in [1.165, 1.54) is 0 Å². The van der Waals surface area contributed by atoms with Gasteiger partial charge < -0.3 is 20.1 Å². The largest absolute Gasteiger partial charge is 0.491 e. The highest BCUT2D eigenvalue weighted by Crippen LogP contribution is 2.35. The van der Waals surface area contributed by atoms with Crippen molar-refractivity contribution in [1.29, 1.82) is 5.41 Å². The Labute approximate surface area is 201 Å². The van der Waals surface area contributed by atoms with E-state index >= 15 is 0 Å². The molecule has 3 aromatic rings. The smallest absolute Gasteiger partial charge is 0.264 e. The molecule has 4 N–H and O–H groups in total. The number of nitrogens with zero attached hydrogens (tertiary/aromatic N) is 2. The van der Waals surface area contributed by atoms with Gasteiger partial charge in [-0.1, -0.05) is 0 Å². The lowest BCUT2D eigenvalue weighted by Crippen LogP contribution is -2.35. The van der Waals surface area contributed by atoms with E-state index in [1.807, 2.05) is 26.0 Å². The number of amides is 1. The lowest BCUT2D eigenvalue weighted by Gasteiger charge is -2.26. The number of nitrogens with two attached hydrogens (primary N) is 1. The molecule has 0 fully saturated rings. The van der Waals surface area contributed by atoms with Crippen LogP contribution in [0.1, 0.15) is 25.0 Å². The maximum absolute atomic E-state index is 11.9. The fourth-order valence-electron chi connectivity index (χ4n) is 3.31.